The number of aryl methyl sites for hydroxylation is 1. The van der Waals surface area contributed by atoms with Gasteiger partial charge in [-0.05, 0) is 48.9 Å². The molecule has 0 aliphatic rings. The zero-order chi connectivity index (χ0) is 15.6. The summed E-state index contributed by atoms with van der Waals surface area (Å²) in [7, 11) is -3.88. The highest BCUT2D eigenvalue weighted by Crippen LogP contribution is 2.21. The Labute approximate surface area is 121 Å². The van der Waals surface area contributed by atoms with E-state index in [0.29, 0.717) is 0 Å². The zero-order valence-electron chi connectivity index (χ0n) is 11.2. The summed E-state index contributed by atoms with van der Waals surface area (Å²) >= 11 is 0. The first-order valence-corrected chi connectivity index (χ1v) is 7.59. The Morgan fingerprint density at radius 3 is 2.48 bits per heavy atom. The molecule has 0 spiro atoms. The van der Waals surface area contributed by atoms with Gasteiger partial charge in [0, 0.05) is 17.8 Å². The predicted molar refractivity (Wildman–Crippen MR) is 76.2 cm³/mol. The Morgan fingerprint density at radius 1 is 1.14 bits per heavy atom. The van der Waals surface area contributed by atoms with Crippen molar-refractivity contribution in [3.8, 4) is 0 Å². The van der Waals surface area contributed by atoms with Crippen LogP contribution in [0.1, 0.15) is 11.1 Å². The van der Waals surface area contributed by atoms with Crippen molar-refractivity contribution in [2.75, 3.05) is 4.72 Å². The van der Waals surface area contributed by atoms with Gasteiger partial charge in [0.25, 0.3) is 10.0 Å². The van der Waals surface area contributed by atoms with Crippen LogP contribution in [-0.4, -0.2) is 8.42 Å². The van der Waals surface area contributed by atoms with Gasteiger partial charge < -0.3 is 5.73 Å². The van der Waals surface area contributed by atoms with Crippen LogP contribution in [0.25, 0.3) is 0 Å². The van der Waals surface area contributed by atoms with Gasteiger partial charge in [0.15, 0.2) is 0 Å². The maximum Gasteiger partial charge on any atom is 0.262 e. The molecule has 4 nitrogen and oxygen atoms in total. The van der Waals surface area contributed by atoms with Crippen molar-refractivity contribution in [1.29, 1.82) is 0 Å². The molecule has 2 aromatic rings. The van der Waals surface area contributed by atoms with Crippen molar-refractivity contribution in [3.05, 3.63) is 59.2 Å². The lowest BCUT2D eigenvalue weighted by molar-refractivity contribution is 0.598. The molecular weight excluding hydrogens is 298 g/mol. The molecule has 2 aromatic carbocycles. The maximum atomic E-state index is 13.3. The monoisotopic (exact) mass is 312 g/mol. The number of anilines is 1. The second-order valence-corrected chi connectivity index (χ2v) is 6.18. The zero-order valence-corrected chi connectivity index (χ0v) is 12.0. The van der Waals surface area contributed by atoms with Crippen molar-refractivity contribution in [1.82, 2.24) is 0 Å². The highest BCUT2D eigenvalue weighted by molar-refractivity contribution is 7.92. The van der Waals surface area contributed by atoms with E-state index in [1.807, 2.05) is 0 Å². The molecule has 2 rings (SSSR count). The summed E-state index contributed by atoms with van der Waals surface area (Å²) in [5.41, 5.74) is 6.05. The van der Waals surface area contributed by atoms with Crippen molar-refractivity contribution >= 4 is 15.7 Å². The Kier molecular flexibility index (Phi) is 4.24. The van der Waals surface area contributed by atoms with Crippen LogP contribution < -0.4 is 10.5 Å². The third kappa shape index (κ3) is 3.37. The molecule has 0 aromatic heterocycles. The number of benzene rings is 2. The van der Waals surface area contributed by atoms with E-state index in [2.05, 4.69) is 4.72 Å². The van der Waals surface area contributed by atoms with Crippen LogP contribution in [0.15, 0.2) is 41.3 Å². The molecule has 0 fully saturated rings. The molecule has 0 radical (unpaired) electrons. The predicted octanol–water partition coefficient (Wildman–Crippen LogP) is 2.53. The molecular formula is C14H14F2N2O2S. The van der Waals surface area contributed by atoms with E-state index in [0.717, 1.165) is 18.2 Å². The minimum atomic E-state index is -3.88. The van der Waals surface area contributed by atoms with Crippen molar-refractivity contribution in [3.63, 3.8) is 0 Å². The van der Waals surface area contributed by atoms with Crippen LogP contribution in [0.5, 0.6) is 0 Å². The van der Waals surface area contributed by atoms with Gasteiger partial charge in [0.05, 0.1) is 4.90 Å². The van der Waals surface area contributed by atoms with Gasteiger partial charge in [-0.3, -0.25) is 4.72 Å². The number of sulfonamides is 1. The van der Waals surface area contributed by atoms with Gasteiger partial charge in [0.1, 0.15) is 11.6 Å². The topological polar surface area (TPSA) is 72.2 Å². The van der Waals surface area contributed by atoms with Crippen LogP contribution in [0.3, 0.4) is 0 Å². The fourth-order valence-electron chi connectivity index (χ4n) is 1.92. The smallest absolute Gasteiger partial charge is 0.262 e. The number of hydrogen-bond donors (Lipinski definition) is 2. The van der Waals surface area contributed by atoms with E-state index >= 15 is 0 Å². The van der Waals surface area contributed by atoms with E-state index in [4.69, 9.17) is 5.73 Å². The molecule has 3 N–H and O–H groups in total. The maximum absolute atomic E-state index is 13.3. The van der Waals surface area contributed by atoms with E-state index < -0.39 is 21.7 Å². The molecule has 7 heteroatoms. The molecule has 0 saturated carbocycles. The number of nitrogens with one attached hydrogen (secondary N) is 1. The van der Waals surface area contributed by atoms with Crippen molar-refractivity contribution < 1.29 is 17.2 Å². The van der Waals surface area contributed by atoms with Gasteiger partial charge in [0.2, 0.25) is 0 Å². The van der Waals surface area contributed by atoms with Gasteiger partial charge in [-0.1, -0.05) is 0 Å². The van der Waals surface area contributed by atoms with Crippen molar-refractivity contribution in [2.45, 2.75) is 18.4 Å². The highest BCUT2D eigenvalue weighted by atomic mass is 32.2. The Balaban J connectivity index is 2.37. The second-order valence-electron chi connectivity index (χ2n) is 4.53. The average Bonchev–Trinajstić information content (AvgIpc) is 2.40. The number of halogens is 2. The molecule has 0 aliphatic carbocycles. The lowest BCUT2D eigenvalue weighted by atomic mass is 10.2. The SMILES string of the molecule is Cc1cc(F)ccc1S(=O)(=O)Nc1ccc(F)c(CN)c1. The summed E-state index contributed by atoms with van der Waals surface area (Å²) < 4.78 is 53.2. The van der Waals surface area contributed by atoms with E-state index in [-0.39, 0.29) is 28.3 Å². The average molecular weight is 312 g/mol. The highest BCUT2D eigenvalue weighted by Gasteiger charge is 2.17. The fourth-order valence-corrected chi connectivity index (χ4v) is 3.20. The largest absolute Gasteiger partial charge is 0.326 e. The van der Waals surface area contributed by atoms with Gasteiger partial charge in [-0.2, -0.15) is 0 Å². The van der Waals surface area contributed by atoms with Crippen LogP contribution in [0.4, 0.5) is 14.5 Å². The number of nitrogens with two attached hydrogens (primary N) is 1. The molecule has 0 bridgehead atoms. The Bertz CT molecular complexity index is 777. The fraction of sp³-hybridized carbons (Fsp3) is 0.143. The molecule has 112 valence electrons. The third-order valence-corrected chi connectivity index (χ3v) is 4.49. The third-order valence-electron chi connectivity index (χ3n) is 2.94. The summed E-state index contributed by atoms with van der Waals surface area (Å²) in [6.45, 7) is 1.45. The summed E-state index contributed by atoms with van der Waals surface area (Å²) in [6, 6.07) is 7.14. The number of rotatable bonds is 4. The first-order valence-electron chi connectivity index (χ1n) is 6.11. The molecule has 0 amide bonds. The minimum absolute atomic E-state index is 0.0393. The first-order chi connectivity index (χ1) is 9.83. The normalized spacial score (nSPS) is 11.4. The van der Waals surface area contributed by atoms with E-state index in [1.165, 1.54) is 25.1 Å². The van der Waals surface area contributed by atoms with E-state index in [9.17, 15) is 17.2 Å². The summed E-state index contributed by atoms with van der Waals surface area (Å²) in [5.74, 6) is -1.02. The number of hydrogen-bond acceptors (Lipinski definition) is 3. The minimum Gasteiger partial charge on any atom is -0.326 e. The summed E-state index contributed by atoms with van der Waals surface area (Å²) in [6.07, 6.45) is 0. The quantitative estimate of drug-likeness (QED) is 0.911. The molecule has 0 saturated heterocycles. The van der Waals surface area contributed by atoms with Crippen LogP contribution in [-0.2, 0) is 16.6 Å². The van der Waals surface area contributed by atoms with Gasteiger partial charge in [-0.25, -0.2) is 17.2 Å². The lowest BCUT2D eigenvalue weighted by Crippen LogP contribution is -2.15. The van der Waals surface area contributed by atoms with Crippen LogP contribution in [0.2, 0.25) is 0 Å². The van der Waals surface area contributed by atoms with Crippen LogP contribution in [0, 0.1) is 18.6 Å². The second kappa shape index (κ2) is 5.79. The van der Waals surface area contributed by atoms with Gasteiger partial charge in [-0.15, -0.1) is 0 Å². The van der Waals surface area contributed by atoms with Crippen LogP contribution >= 0.6 is 0 Å². The first kappa shape index (κ1) is 15.4. The molecule has 0 unspecified atom stereocenters. The Morgan fingerprint density at radius 2 is 1.86 bits per heavy atom. The standard InChI is InChI=1S/C14H14F2N2O2S/c1-9-6-11(15)2-5-14(9)21(19,20)18-12-3-4-13(16)10(7-12)8-17/h2-7,18H,8,17H2,1H3. The van der Waals surface area contributed by atoms with Gasteiger partial charge >= 0.3 is 0 Å². The van der Waals surface area contributed by atoms with Crippen molar-refractivity contribution in [2.24, 2.45) is 5.73 Å². The molecule has 0 heterocycles. The lowest BCUT2D eigenvalue weighted by Gasteiger charge is -2.11. The summed E-state index contributed by atoms with van der Waals surface area (Å²) in [5, 5.41) is 0. The summed E-state index contributed by atoms with van der Waals surface area (Å²) in [4.78, 5) is -0.0393. The Hall–Kier alpha value is -1.99. The molecule has 0 atom stereocenters. The molecule has 21 heavy (non-hydrogen) atoms. The van der Waals surface area contributed by atoms with E-state index in [1.54, 1.807) is 0 Å². The molecule has 0 aliphatic heterocycles.